The average Bonchev–Trinajstić information content (AvgIpc) is 2.61. The monoisotopic (exact) mass is 338 g/mol. The van der Waals surface area contributed by atoms with Gasteiger partial charge >= 0.3 is 11.3 Å². The Labute approximate surface area is 142 Å². The smallest absolute Gasteiger partial charge is 0.349 e. The van der Waals surface area contributed by atoms with Gasteiger partial charge in [-0.15, -0.1) is 0 Å². The molecule has 0 saturated heterocycles. The third-order valence-corrected chi connectivity index (χ3v) is 3.79. The lowest BCUT2D eigenvalue weighted by atomic mass is 10.0. The number of fused-ring (bicyclic) bond motifs is 1. The zero-order valence-corrected chi connectivity index (χ0v) is 13.3. The number of carbonyl (C=O) groups excluding carboxylic acids is 1. The Bertz CT molecular complexity index is 1020. The summed E-state index contributed by atoms with van der Waals surface area (Å²) in [5.74, 6) is -0.605. The number of nitro groups is 1. The van der Waals surface area contributed by atoms with Gasteiger partial charge < -0.3 is 9.73 Å². The number of hydrogen-bond donors (Lipinski definition) is 1. The quantitative estimate of drug-likeness (QED) is 0.447. The summed E-state index contributed by atoms with van der Waals surface area (Å²) in [5.41, 5.74) is 0.123. The first-order valence-electron chi connectivity index (χ1n) is 7.51. The molecule has 0 saturated carbocycles. The number of amides is 1. The molecule has 0 bridgehead atoms. The molecule has 0 fully saturated rings. The van der Waals surface area contributed by atoms with E-state index in [2.05, 4.69) is 5.32 Å². The number of hydrogen-bond acceptors (Lipinski definition) is 5. The zero-order chi connectivity index (χ0) is 18.0. The number of non-ortho nitro benzene ring substituents is 1. The van der Waals surface area contributed by atoms with Crippen molar-refractivity contribution in [3.05, 3.63) is 85.8 Å². The van der Waals surface area contributed by atoms with Gasteiger partial charge in [0.05, 0.1) is 4.92 Å². The van der Waals surface area contributed by atoms with Crippen LogP contribution in [0, 0.1) is 10.1 Å². The fourth-order valence-electron chi connectivity index (χ4n) is 2.64. The summed E-state index contributed by atoms with van der Waals surface area (Å²) in [4.78, 5) is 34.5. The van der Waals surface area contributed by atoms with Crippen LogP contribution in [0.2, 0.25) is 0 Å². The van der Waals surface area contributed by atoms with Gasteiger partial charge in [-0.25, -0.2) is 4.79 Å². The number of nitro benzene ring substituents is 1. The summed E-state index contributed by atoms with van der Waals surface area (Å²) in [6.45, 7) is 0. The van der Waals surface area contributed by atoms with Crippen molar-refractivity contribution in [3.8, 4) is 0 Å². The van der Waals surface area contributed by atoms with Crippen LogP contribution in [-0.4, -0.2) is 17.9 Å². The molecule has 2 aromatic carbocycles. The number of benzene rings is 2. The van der Waals surface area contributed by atoms with Crippen LogP contribution in [-0.2, 0) is 6.42 Å². The lowest BCUT2D eigenvalue weighted by Gasteiger charge is -2.06. The predicted octanol–water partition coefficient (Wildman–Crippen LogP) is 2.65. The maximum absolute atomic E-state index is 11.9. The van der Waals surface area contributed by atoms with E-state index in [4.69, 9.17) is 4.42 Å². The van der Waals surface area contributed by atoms with E-state index in [1.165, 1.54) is 19.2 Å². The van der Waals surface area contributed by atoms with E-state index in [-0.39, 0.29) is 16.8 Å². The first-order chi connectivity index (χ1) is 12.0. The highest BCUT2D eigenvalue weighted by Crippen LogP contribution is 2.28. The lowest BCUT2D eigenvalue weighted by molar-refractivity contribution is -0.383. The Morgan fingerprint density at radius 2 is 1.88 bits per heavy atom. The van der Waals surface area contributed by atoms with Gasteiger partial charge in [-0.05, 0) is 29.7 Å². The fraction of sp³-hybridized carbons (Fsp3) is 0.111. The Kier molecular flexibility index (Phi) is 4.30. The molecule has 7 heteroatoms. The van der Waals surface area contributed by atoms with Crippen LogP contribution in [0.5, 0.6) is 0 Å². The van der Waals surface area contributed by atoms with Crippen LogP contribution in [0.15, 0.2) is 57.7 Å². The van der Waals surface area contributed by atoms with Crippen LogP contribution < -0.4 is 10.9 Å². The molecule has 0 unspecified atom stereocenters. The topological polar surface area (TPSA) is 102 Å². The number of nitrogens with zero attached hydrogens (tertiary/aromatic N) is 1. The molecule has 3 aromatic rings. The van der Waals surface area contributed by atoms with E-state index in [0.717, 1.165) is 5.56 Å². The van der Waals surface area contributed by atoms with Gasteiger partial charge in [-0.1, -0.05) is 30.3 Å². The third-order valence-electron chi connectivity index (χ3n) is 3.79. The molecule has 126 valence electrons. The summed E-state index contributed by atoms with van der Waals surface area (Å²) in [6, 6.07) is 13.9. The van der Waals surface area contributed by atoms with Gasteiger partial charge in [0, 0.05) is 18.5 Å². The van der Waals surface area contributed by atoms with E-state index in [1.807, 2.05) is 30.3 Å². The van der Waals surface area contributed by atoms with Crippen molar-refractivity contribution in [2.45, 2.75) is 6.42 Å². The molecule has 0 aliphatic carbocycles. The second-order valence-electron chi connectivity index (χ2n) is 5.48. The van der Waals surface area contributed by atoms with Gasteiger partial charge in [0.15, 0.2) is 0 Å². The summed E-state index contributed by atoms with van der Waals surface area (Å²) in [5, 5.41) is 14.0. The predicted molar refractivity (Wildman–Crippen MR) is 91.8 cm³/mol. The van der Waals surface area contributed by atoms with E-state index in [1.54, 1.807) is 6.07 Å². The van der Waals surface area contributed by atoms with Crippen molar-refractivity contribution in [2.24, 2.45) is 0 Å². The van der Waals surface area contributed by atoms with Crippen LogP contribution >= 0.6 is 0 Å². The van der Waals surface area contributed by atoms with Crippen molar-refractivity contribution in [1.29, 1.82) is 0 Å². The second kappa shape index (κ2) is 6.56. The molecule has 0 aliphatic heterocycles. The Morgan fingerprint density at radius 1 is 1.16 bits per heavy atom. The van der Waals surface area contributed by atoms with Gasteiger partial charge in [-0.2, -0.15) is 0 Å². The van der Waals surface area contributed by atoms with E-state index < -0.39 is 16.5 Å². The van der Waals surface area contributed by atoms with Gasteiger partial charge in [0.2, 0.25) is 5.58 Å². The summed E-state index contributed by atoms with van der Waals surface area (Å²) < 4.78 is 5.06. The molecule has 0 spiro atoms. The van der Waals surface area contributed by atoms with Gasteiger partial charge in [0.25, 0.3) is 5.91 Å². The van der Waals surface area contributed by atoms with Crippen LogP contribution in [0.3, 0.4) is 0 Å². The SMILES string of the molecule is CNC(=O)c1cc2cc(Cc3ccccc3)cc([N+](=O)[O-])c2oc1=O. The molecule has 0 aliphatic rings. The Hall–Kier alpha value is -3.48. The maximum Gasteiger partial charge on any atom is 0.349 e. The number of rotatable bonds is 4. The maximum atomic E-state index is 11.9. The summed E-state index contributed by atoms with van der Waals surface area (Å²) >= 11 is 0. The first kappa shape index (κ1) is 16.4. The molecular weight excluding hydrogens is 324 g/mol. The van der Waals surface area contributed by atoms with E-state index in [0.29, 0.717) is 17.4 Å². The molecule has 1 N–H and O–H groups in total. The van der Waals surface area contributed by atoms with Crippen molar-refractivity contribution in [2.75, 3.05) is 7.05 Å². The molecule has 1 amide bonds. The highest BCUT2D eigenvalue weighted by atomic mass is 16.6. The summed E-state index contributed by atoms with van der Waals surface area (Å²) in [7, 11) is 1.39. The zero-order valence-electron chi connectivity index (χ0n) is 13.3. The standard InChI is InChI=1S/C18H14N2O5/c1-19-17(21)14-10-13-8-12(7-11-5-3-2-4-6-11)9-15(20(23)24)16(13)25-18(14)22/h2-6,8-10H,7H2,1H3,(H,19,21). The molecule has 3 rings (SSSR count). The Balaban J connectivity index is 2.20. The molecule has 0 atom stereocenters. The van der Waals surface area contributed by atoms with Gasteiger partial charge in [-0.3, -0.25) is 14.9 Å². The third kappa shape index (κ3) is 3.25. The van der Waals surface area contributed by atoms with Crippen molar-refractivity contribution in [3.63, 3.8) is 0 Å². The fourth-order valence-corrected chi connectivity index (χ4v) is 2.64. The normalized spacial score (nSPS) is 10.6. The Morgan fingerprint density at radius 3 is 2.52 bits per heavy atom. The largest absolute Gasteiger partial charge is 0.415 e. The minimum absolute atomic E-state index is 0.139. The van der Waals surface area contributed by atoms with Crippen LogP contribution in [0.25, 0.3) is 11.0 Å². The minimum Gasteiger partial charge on any atom is -0.415 e. The summed E-state index contributed by atoms with van der Waals surface area (Å²) in [6.07, 6.45) is 0.478. The molecule has 25 heavy (non-hydrogen) atoms. The minimum atomic E-state index is -0.911. The molecule has 1 heterocycles. The van der Waals surface area contributed by atoms with Gasteiger partial charge in [0.1, 0.15) is 5.56 Å². The second-order valence-corrected chi connectivity index (χ2v) is 5.48. The number of carbonyl (C=O) groups is 1. The van der Waals surface area contributed by atoms with Crippen molar-refractivity contribution < 1.29 is 14.1 Å². The molecule has 1 aromatic heterocycles. The van der Waals surface area contributed by atoms with Crippen molar-refractivity contribution >= 4 is 22.6 Å². The van der Waals surface area contributed by atoms with Crippen LogP contribution in [0.4, 0.5) is 5.69 Å². The highest BCUT2D eigenvalue weighted by Gasteiger charge is 2.20. The van der Waals surface area contributed by atoms with E-state index >= 15 is 0 Å². The number of nitrogens with one attached hydrogen (secondary N) is 1. The highest BCUT2D eigenvalue weighted by molar-refractivity contribution is 5.97. The molecule has 7 nitrogen and oxygen atoms in total. The van der Waals surface area contributed by atoms with E-state index in [9.17, 15) is 19.7 Å². The van der Waals surface area contributed by atoms with Crippen molar-refractivity contribution in [1.82, 2.24) is 5.32 Å². The molecule has 0 radical (unpaired) electrons. The van der Waals surface area contributed by atoms with Crippen LogP contribution in [0.1, 0.15) is 21.5 Å². The average molecular weight is 338 g/mol. The lowest BCUT2D eigenvalue weighted by Crippen LogP contribution is -2.24. The molecular formula is C18H14N2O5. The first-order valence-corrected chi connectivity index (χ1v) is 7.51.